The summed E-state index contributed by atoms with van der Waals surface area (Å²) in [7, 11) is 0. The Hall–Kier alpha value is -1.50. The molecule has 0 bridgehead atoms. The fourth-order valence-electron chi connectivity index (χ4n) is 0.768. The zero-order valence-electron chi connectivity index (χ0n) is 7.06. The lowest BCUT2D eigenvalue weighted by Crippen LogP contribution is -2.02. The van der Waals surface area contributed by atoms with E-state index in [2.05, 4.69) is 25.7 Å². The van der Waals surface area contributed by atoms with E-state index in [-0.39, 0.29) is 16.0 Å². The summed E-state index contributed by atoms with van der Waals surface area (Å²) in [6, 6.07) is 1.12. The Balaban J connectivity index is 3.06. The van der Waals surface area contributed by atoms with Crippen LogP contribution in [0.4, 0.5) is 5.69 Å². The van der Waals surface area contributed by atoms with Gasteiger partial charge < -0.3 is 4.74 Å². The lowest BCUT2D eigenvalue weighted by Gasteiger charge is -2.00. The molecular weight excluding hydrogens is 256 g/mol. The van der Waals surface area contributed by atoms with Crippen molar-refractivity contribution >= 4 is 27.6 Å². The van der Waals surface area contributed by atoms with Crippen molar-refractivity contribution in [3.8, 4) is 5.75 Å². The van der Waals surface area contributed by atoms with Gasteiger partial charge in [0.05, 0.1) is 17.2 Å². The van der Waals surface area contributed by atoms with Gasteiger partial charge in [0.1, 0.15) is 0 Å². The molecule has 1 heterocycles. The highest BCUT2D eigenvalue weighted by Gasteiger charge is 2.15. The SMILES string of the molecule is CC(=O)Oc1cnc(Br)c([N+](=O)[O-])c1. The highest BCUT2D eigenvalue weighted by Crippen LogP contribution is 2.26. The Bertz CT molecular complexity index is 393. The van der Waals surface area contributed by atoms with Gasteiger partial charge in [-0.15, -0.1) is 0 Å². The molecular formula is C7H5BrN2O4. The van der Waals surface area contributed by atoms with Crippen LogP contribution in [0.1, 0.15) is 6.92 Å². The minimum atomic E-state index is -0.621. The molecule has 0 saturated carbocycles. The number of hydrogen-bond donors (Lipinski definition) is 0. The van der Waals surface area contributed by atoms with Crippen LogP contribution >= 0.6 is 15.9 Å². The summed E-state index contributed by atoms with van der Waals surface area (Å²) in [6.07, 6.45) is 1.22. The topological polar surface area (TPSA) is 82.3 Å². The van der Waals surface area contributed by atoms with Crippen LogP contribution in [0.15, 0.2) is 16.9 Å². The van der Waals surface area contributed by atoms with Crippen molar-refractivity contribution in [3.05, 3.63) is 27.0 Å². The molecule has 74 valence electrons. The first-order chi connectivity index (χ1) is 6.50. The molecule has 6 nitrogen and oxygen atoms in total. The number of hydrogen-bond acceptors (Lipinski definition) is 5. The van der Waals surface area contributed by atoms with Gasteiger partial charge in [0, 0.05) is 6.92 Å². The quantitative estimate of drug-likeness (QED) is 0.350. The van der Waals surface area contributed by atoms with E-state index in [0.717, 1.165) is 6.07 Å². The average Bonchev–Trinajstić information content (AvgIpc) is 2.07. The van der Waals surface area contributed by atoms with Gasteiger partial charge in [-0.25, -0.2) is 4.98 Å². The van der Waals surface area contributed by atoms with Crippen molar-refractivity contribution in [2.45, 2.75) is 6.92 Å². The third-order valence-electron chi connectivity index (χ3n) is 1.25. The summed E-state index contributed by atoms with van der Waals surface area (Å²) in [4.78, 5) is 24.0. The van der Waals surface area contributed by atoms with E-state index in [1.807, 2.05) is 0 Å². The van der Waals surface area contributed by atoms with Crippen molar-refractivity contribution in [3.63, 3.8) is 0 Å². The Labute approximate surface area is 87.2 Å². The average molecular weight is 261 g/mol. The van der Waals surface area contributed by atoms with Crippen LogP contribution < -0.4 is 4.74 Å². The monoisotopic (exact) mass is 260 g/mol. The second-order valence-corrected chi connectivity index (χ2v) is 3.08. The summed E-state index contributed by atoms with van der Waals surface area (Å²) in [5.41, 5.74) is -0.247. The number of ether oxygens (including phenoxy) is 1. The van der Waals surface area contributed by atoms with Gasteiger partial charge >= 0.3 is 11.7 Å². The van der Waals surface area contributed by atoms with Crippen LogP contribution in [0.3, 0.4) is 0 Å². The highest BCUT2D eigenvalue weighted by molar-refractivity contribution is 9.10. The molecule has 0 aliphatic heterocycles. The van der Waals surface area contributed by atoms with E-state index < -0.39 is 10.9 Å². The molecule has 1 aromatic heterocycles. The molecule has 0 aromatic carbocycles. The van der Waals surface area contributed by atoms with Crippen LogP contribution in [0.5, 0.6) is 5.75 Å². The van der Waals surface area contributed by atoms with Crippen molar-refractivity contribution in [2.75, 3.05) is 0 Å². The maximum Gasteiger partial charge on any atom is 0.308 e. The Kier molecular flexibility index (Phi) is 3.13. The number of nitro groups is 1. The van der Waals surface area contributed by atoms with E-state index in [0.29, 0.717) is 0 Å². The predicted molar refractivity (Wildman–Crippen MR) is 49.9 cm³/mol. The first kappa shape index (κ1) is 10.6. The van der Waals surface area contributed by atoms with E-state index in [1.165, 1.54) is 13.1 Å². The summed E-state index contributed by atoms with van der Waals surface area (Å²) >= 11 is 2.90. The molecule has 0 spiro atoms. The zero-order valence-corrected chi connectivity index (χ0v) is 8.65. The lowest BCUT2D eigenvalue weighted by atomic mass is 10.4. The van der Waals surface area contributed by atoms with Gasteiger partial charge in [0.15, 0.2) is 10.4 Å². The normalized spacial score (nSPS) is 9.57. The van der Waals surface area contributed by atoms with Crippen molar-refractivity contribution in [1.82, 2.24) is 4.98 Å². The van der Waals surface area contributed by atoms with Gasteiger partial charge in [-0.05, 0) is 15.9 Å². The van der Waals surface area contributed by atoms with Gasteiger partial charge in [-0.2, -0.15) is 0 Å². The molecule has 14 heavy (non-hydrogen) atoms. The van der Waals surface area contributed by atoms with E-state index in [1.54, 1.807) is 0 Å². The van der Waals surface area contributed by atoms with Crippen LogP contribution in [0.2, 0.25) is 0 Å². The molecule has 1 aromatic rings. The summed E-state index contributed by atoms with van der Waals surface area (Å²) in [5.74, 6) is -0.504. The zero-order chi connectivity index (χ0) is 10.7. The van der Waals surface area contributed by atoms with E-state index in [4.69, 9.17) is 0 Å². The number of aromatic nitrogens is 1. The molecule has 1 rings (SSSR count). The third kappa shape index (κ3) is 2.49. The van der Waals surface area contributed by atoms with Crippen LogP contribution in [0, 0.1) is 10.1 Å². The molecule has 0 unspecified atom stereocenters. The number of carbonyl (C=O) groups is 1. The summed E-state index contributed by atoms with van der Waals surface area (Å²) < 4.78 is 4.73. The molecule has 0 atom stereocenters. The van der Waals surface area contributed by atoms with Crippen LogP contribution in [0.25, 0.3) is 0 Å². The molecule has 7 heteroatoms. The summed E-state index contributed by atoms with van der Waals surface area (Å²) in [5, 5.41) is 10.5. The van der Waals surface area contributed by atoms with Crippen molar-refractivity contribution < 1.29 is 14.5 Å². The van der Waals surface area contributed by atoms with Crippen LogP contribution in [-0.4, -0.2) is 15.9 Å². The second-order valence-electron chi connectivity index (χ2n) is 2.33. The fraction of sp³-hybridized carbons (Fsp3) is 0.143. The summed E-state index contributed by atoms with van der Waals surface area (Å²) in [6.45, 7) is 1.20. The minimum absolute atomic E-state index is 0.0485. The van der Waals surface area contributed by atoms with Gasteiger partial charge in [-0.1, -0.05) is 0 Å². The fourth-order valence-corrected chi connectivity index (χ4v) is 1.13. The number of esters is 1. The van der Waals surface area contributed by atoms with Gasteiger partial charge in [-0.3, -0.25) is 14.9 Å². The maximum absolute atomic E-state index is 10.5. The molecule has 0 aliphatic carbocycles. The molecule has 0 aliphatic rings. The van der Waals surface area contributed by atoms with E-state index in [9.17, 15) is 14.9 Å². The number of carbonyl (C=O) groups excluding carboxylic acids is 1. The molecule has 0 radical (unpaired) electrons. The smallest absolute Gasteiger partial charge is 0.308 e. The van der Waals surface area contributed by atoms with Gasteiger partial charge in [0.25, 0.3) is 0 Å². The van der Waals surface area contributed by atoms with Crippen LogP contribution in [-0.2, 0) is 4.79 Å². The second kappa shape index (κ2) is 4.14. The number of halogens is 1. The first-order valence-electron chi connectivity index (χ1n) is 3.49. The Morgan fingerprint density at radius 1 is 1.71 bits per heavy atom. The molecule has 0 amide bonds. The molecule has 0 fully saturated rings. The molecule has 0 saturated heterocycles. The lowest BCUT2D eigenvalue weighted by molar-refractivity contribution is -0.386. The van der Waals surface area contributed by atoms with Crippen molar-refractivity contribution in [1.29, 1.82) is 0 Å². The largest absolute Gasteiger partial charge is 0.425 e. The molecule has 0 N–H and O–H groups in total. The Morgan fingerprint density at radius 3 is 2.86 bits per heavy atom. The van der Waals surface area contributed by atoms with E-state index >= 15 is 0 Å². The Morgan fingerprint density at radius 2 is 2.36 bits per heavy atom. The number of rotatable bonds is 2. The number of nitrogens with zero attached hydrogens (tertiary/aromatic N) is 2. The number of pyridine rings is 1. The highest BCUT2D eigenvalue weighted by atomic mass is 79.9. The predicted octanol–water partition coefficient (Wildman–Crippen LogP) is 1.68. The van der Waals surface area contributed by atoms with Gasteiger partial charge in [0.2, 0.25) is 0 Å². The first-order valence-corrected chi connectivity index (χ1v) is 4.28. The van der Waals surface area contributed by atoms with Crippen molar-refractivity contribution in [2.24, 2.45) is 0 Å². The standard InChI is InChI=1S/C7H5BrN2O4/c1-4(11)14-5-2-6(10(12)13)7(8)9-3-5/h2-3H,1H3. The minimum Gasteiger partial charge on any atom is -0.425 e. The maximum atomic E-state index is 10.5. The third-order valence-corrected chi connectivity index (χ3v) is 1.86.